The molecule has 1 aromatic carbocycles. The van der Waals surface area contributed by atoms with Crippen LogP contribution in [0.15, 0.2) is 30.3 Å². The van der Waals surface area contributed by atoms with Crippen LogP contribution in [0.1, 0.15) is 44.1 Å². The molecule has 0 spiro atoms. The third kappa shape index (κ3) is 5.32. The Morgan fingerprint density at radius 1 is 0.900 bits per heavy atom. The van der Waals surface area contributed by atoms with Gasteiger partial charge in [-0.15, -0.1) is 0 Å². The summed E-state index contributed by atoms with van der Waals surface area (Å²) in [5, 5.41) is 6.03. The van der Waals surface area contributed by atoms with E-state index in [-0.39, 0.29) is 29.8 Å². The Morgan fingerprint density at radius 2 is 1.53 bits per heavy atom. The molecule has 0 aromatic heterocycles. The molecule has 1 aromatic rings. The number of amides is 4. The van der Waals surface area contributed by atoms with Crippen LogP contribution in [0.25, 0.3) is 0 Å². The smallest absolute Gasteiger partial charge is 0.319 e. The quantitative estimate of drug-likeness (QED) is 0.749. The zero-order valence-corrected chi connectivity index (χ0v) is 17.5. The molecule has 0 radical (unpaired) electrons. The van der Waals surface area contributed by atoms with Crippen molar-refractivity contribution in [2.45, 2.75) is 57.0 Å². The molecule has 7 nitrogen and oxygen atoms in total. The second-order valence-corrected chi connectivity index (χ2v) is 8.77. The average Bonchev–Trinajstić information content (AvgIpc) is 3.41. The predicted octanol–water partition coefficient (Wildman–Crippen LogP) is 1.92. The van der Waals surface area contributed by atoms with Crippen molar-refractivity contribution in [2.75, 3.05) is 26.2 Å². The molecule has 30 heavy (non-hydrogen) atoms. The van der Waals surface area contributed by atoms with E-state index in [0.717, 1.165) is 44.3 Å². The van der Waals surface area contributed by atoms with Crippen LogP contribution in [0.4, 0.5) is 4.79 Å². The molecule has 1 atom stereocenters. The van der Waals surface area contributed by atoms with E-state index in [1.807, 2.05) is 40.1 Å². The standard InChI is InChI=1S/C23H32N4O3/c28-21(18-10-14-27(15-11-18)23(30)26-12-4-5-13-26)25-20(22(29)24-19-8-9-19)16-17-6-2-1-3-7-17/h1-3,6-7,18-20H,4-5,8-16H2,(H,24,29)(H,25,28). The number of nitrogens with one attached hydrogen (secondary N) is 2. The number of urea groups is 1. The number of likely N-dealkylation sites (tertiary alicyclic amines) is 2. The Labute approximate surface area is 178 Å². The van der Waals surface area contributed by atoms with E-state index in [2.05, 4.69) is 10.6 Å². The number of nitrogens with zero attached hydrogens (tertiary/aromatic N) is 2. The van der Waals surface area contributed by atoms with Gasteiger partial charge in [0, 0.05) is 44.6 Å². The van der Waals surface area contributed by atoms with Gasteiger partial charge in [0.2, 0.25) is 11.8 Å². The Kier molecular flexibility index (Phi) is 6.55. The highest BCUT2D eigenvalue weighted by Crippen LogP contribution is 2.21. The first-order valence-corrected chi connectivity index (χ1v) is 11.3. The number of carbonyl (C=O) groups is 3. The van der Waals surface area contributed by atoms with E-state index in [9.17, 15) is 14.4 Å². The first-order valence-electron chi connectivity index (χ1n) is 11.3. The van der Waals surface area contributed by atoms with Gasteiger partial charge in [0.15, 0.2) is 0 Å². The van der Waals surface area contributed by atoms with E-state index in [1.165, 1.54) is 0 Å². The number of benzene rings is 1. The second-order valence-electron chi connectivity index (χ2n) is 8.77. The van der Waals surface area contributed by atoms with Crippen molar-refractivity contribution in [3.05, 3.63) is 35.9 Å². The van der Waals surface area contributed by atoms with Crippen LogP contribution < -0.4 is 10.6 Å². The van der Waals surface area contributed by atoms with Gasteiger partial charge in [-0.2, -0.15) is 0 Å². The highest BCUT2D eigenvalue weighted by molar-refractivity contribution is 5.89. The molecule has 3 fully saturated rings. The molecule has 7 heteroatoms. The topological polar surface area (TPSA) is 81.8 Å². The first kappa shape index (κ1) is 20.7. The lowest BCUT2D eigenvalue weighted by molar-refractivity contribution is -0.132. The fourth-order valence-electron chi connectivity index (χ4n) is 4.32. The van der Waals surface area contributed by atoms with Crippen LogP contribution >= 0.6 is 0 Å². The van der Waals surface area contributed by atoms with Gasteiger partial charge in [0.05, 0.1) is 0 Å². The summed E-state index contributed by atoms with van der Waals surface area (Å²) in [5.41, 5.74) is 1.03. The van der Waals surface area contributed by atoms with Crippen LogP contribution in [0.5, 0.6) is 0 Å². The lowest BCUT2D eigenvalue weighted by Gasteiger charge is -2.34. The molecule has 0 bridgehead atoms. The Balaban J connectivity index is 1.31. The highest BCUT2D eigenvalue weighted by atomic mass is 16.2. The van der Waals surface area contributed by atoms with Gasteiger partial charge in [-0.3, -0.25) is 9.59 Å². The zero-order chi connectivity index (χ0) is 20.9. The summed E-state index contributed by atoms with van der Waals surface area (Å²) in [4.78, 5) is 42.0. The number of rotatable bonds is 6. The van der Waals surface area contributed by atoms with E-state index in [4.69, 9.17) is 0 Å². The molecule has 1 aliphatic carbocycles. The van der Waals surface area contributed by atoms with Gasteiger partial charge < -0.3 is 20.4 Å². The number of piperidine rings is 1. The molecule has 2 saturated heterocycles. The van der Waals surface area contributed by atoms with E-state index in [1.54, 1.807) is 0 Å². The van der Waals surface area contributed by atoms with Crippen LogP contribution in [-0.2, 0) is 16.0 Å². The molecular weight excluding hydrogens is 380 g/mol. The number of hydrogen-bond donors (Lipinski definition) is 2. The molecular formula is C23H32N4O3. The van der Waals surface area contributed by atoms with Gasteiger partial charge in [0.1, 0.15) is 6.04 Å². The molecule has 2 N–H and O–H groups in total. The van der Waals surface area contributed by atoms with E-state index in [0.29, 0.717) is 32.4 Å². The molecule has 162 valence electrons. The van der Waals surface area contributed by atoms with Crippen molar-refractivity contribution in [3.63, 3.8) is 0 Å². The molecule has 4 amide bonds. The molecule has 1 saturated carbocycles. The van der Waals surface area contributed by atoms with E-state index >= 15 is 0 Å². The second kappa shape index (κ2) is 9.49. The highest BCUT2D eigenvalue weighted by Gasteiger charge is 2.33. The average molecular weight is 413 g/mol. The molecule has 1 unspecified atom stereocenters. The van der Waals surface area contributed by atoms with Gasteiger partial charge in [-0.25, -0.2) is 4.79 Å². The third-order valence-corrected chi connectivity index (χ3v) is 6.35. The van der Waals surface area contributed by atoms with Gasteiger partial charge in [-0.1, -0.05) is 30.3 Å². The lowest BCUT2D eigenvalue weighted by atomic mass is 9.95. The van der Waals surface area contributed by atoms with E-state index < -0.39 is 6.04 Å². The largest absolute Gasteiger partial charge is 0.352 e. The monoisotopic (exact) mass is 412 g/mol. The van der Waals surface area contributed by atoms with Crippen LogP contribution in [0.3, 0.4) is 0 Å². The van der Waals surface area contributed by atoms with Crippen molar-refractivity contribution in [2.24, 2.45) is 5.92 Å². The minimum Gasteiger partial charge on any atom is -0.352 e. The molecule has 2 aliphatic heterocycles. The number of hydrogen-bond acceptors (Lipinski definition) is 3. The van der Waals surface area contributed by atoms with Crippen LogP contribution in [-0.4, -0.2) is 65.9 Å². The Morgan fingerprint density at radius 3 is 2.17 bits per heavy atom. The van der Waals surface area contributed by atoms with Crippen molar-refractivity contribution in [1.29, 1.82) is 0 Å². The first-order chi connectivity index (χ1) is 14.6. The minimum absolute atomic E-state index is 0.0739. The Hall–Kier alpha value is -2.57. The fraction of sp³-hybridized carbons (Fsp3) is 0.609. The summed E-state index contributed by atoms with van der Waals surface area (Å²) in [7, 11) is 0. The van der Waals surface area contributed by atoms with Gasteiger partial charge in [0.25, 0.3) is 0 Å². The van der Waals surface area contributed by atoms with Crippen molar-refractivity contribution in [3.8, 4) is 0 Å². The summed E-state index contributed by atoms with van der Waals surface area (Å²) in [5.74, 6) is -0.328. The fourth-order valence-corrected chi connectivity index (χ4v) is 4.32. The predicted molar refractivity (Wildman–Crippen MR) is 114 cm³/mol. The van der Waals surface area contributed by atoms with Crippen molar-refractivity contribution in [1.82, 2.24) is 20.4 Å². The van der Waals surface area contributed by atoms with Gasteiger partial charge >= 0.3 is 6.03 Å². The maximum atomic E-state index is 12.9. The van der Waals surface area contributed by atoms with Gasteiger partial charge in [-0.05, 0) is 44.1 Å². The maximum Gasteiger partial charge on any atom is 0.319 e. The Bertz CT molecular complexity index is 751. The third-order valence-electron chi connectivity index (χ3n) is 6.35. The minimum atomic E-state index is -0.565. The molecule has 3 aliphatic rings. The summed E-state index contributed by atoms with van der Waals surface area (Å²) in [6.45, 7) is 2.89. The SMILES string of the molecule is O=C(NC(Cc1ccccc1)C(=O)NC1CC1)C1CCN(C(=O)N2CCCC2)CC1. The normalized spacial score (nSPS) is 20.7. The zero-order valence-electron chi connectivity index (χ0n) is 17.5. The molecule has 2 heterocycles. The lowest BCUT2D eigenvalue weighted by Crippen LogP contribution is -2.52. The maximum absolute atomic E-state index is 12.9. The van der Waals surface area contributed by atoms with Crippen molar-refractivity contribution >= 4 is 17.8 Å². The summed E-state index contributed by atoms with van der Waals surface area (Å²) in [6, 6.07) is 9.59. The summed E-state index contributed by atoms with van der Waals surface area (Å²) in [6.07, 6.45) is 5.97. The van der Waals surface area contributed by atoms with Crippen molar-refractivity contribution < 1.29 is 14.4 Å². The summed E-state index contributed by atoms with van der Waals surface area (Å²) >= 11 is 0. The summed E-state index contributed by atoms with van der Waals surface area (Å²) < 4.78 is 0. The van der Waals surface area contributed by atoms with Crippen LogP contribution in [0.2, 0.25) is 0 Å². The molecule has 4 rings (SSSR count). The van der Waals surface area contributed by atoms with Crippen LogP contribution in [0, 0.1) is 5.92 Å². The number of carbonyl (C=O) groups excluding carboxylic acids is 3.